The van der Waals surface area contributed by atoms with Crippen molar-refractivity contribution >= 4 is 21.6 Å². The molecule has 1 aromatic heterocycles. The summed E-state index contributed by atoms with van der Waals surface area (Å²) in [5.41, 5.74) is 1.03. The lowest BCUT2D eigenvalue weighted by Crippen LogP contribution is -2.39. The highest BCUT2D eigenvalue weighted by Crippen LogP contribution is 2.37. The van der Waals surface area contributed by atoms with Crippen molar-refractivity contribution < 1.29 is 0 Å². The number of rotatable bonds is 4. The van der Waals surface area contributed by atoms with Crippen LogP contribution in [0.4, 0.5) is 5.69 Å². The molecule has 2 rings (SSSR count). The van der Waals surface area contributed by atoms with Crippen molar-refractivity contribution in [3.05, 3.63) is 21.0 Å². The van der Waals surface area contributed by atoms with E-state index in [9.17, 15) is 4.79 Å². The average molecular weight is 342 g/mol. The van der Waals surface area contributed by atoms with Crippen LogP contribution in [0.5, 0.6) is 0 Å². The van der Waals surface area contributed by atoms with Gasteiger partial charge in [-0.05, 0) is 40.6 Å². The number of hydrogen-bond donors (Lipinski definition) is 1. The first-order valence-electron chi connectivity index (χ1n) is 7.48. The molecule has 1 aliphatic carbocycles. The fraction of sp³-hybridized carbons (Fsp3) is 0.733. The van der Waals surface area contributed by atoms with E-state index in [4.69, 9.17) is 0 Å². The third-order valence-corrected chi connectivity index (χ3v) is 5.02. The summed E-state index contributed by atoms with van der Waals surface area (Å²) in [5.74, 6) is 0. The SMILES string of the molecule is CCCn1ncc(NC2CCCCC2(C)C)c(Br)c1=O. The first-order chi connectivity index (χ1) is 9.45. The first kappa shape index (κ1) is 15.5. The van der Waals surface area contributed by atoms with E-state index in [1.165, 1.54) is 23.9 Å². The normalized spacial score (nSPS) is 21.7. The number of anilines is 1. The monoisotopic (exact) mass is 341 g/mol. The Morgan fingerprint density at radius 1 is 1.50 bits per heavy atom. The quantitative estimate of drug-likeness (QED) is 0.905. The number of aromatic nitrogens is 2. The van der Waals surface area contributed by atoms with Gasteiger partial charge in [-0.2, -0.15) is 5.10 Å². The highest BCUT2D eigenvalue weighted by atomic mass is 79.9. The number of halogens is 1. The molecule has 0 bridgehead atoms. The molecule has 1 unspecified atom stereocenters. The average Bonchev–Trinajstić information content (AvgIpc) is 2.40. The van der Waals surface area contributed by atoms with Crippen LogP contribution in [-0.4, -0.2) is 15.8 Å². The minimum atomic E-state index is -0.0505. The Hall–Kier alpha value is -0.840. The van der Waals surface area contributed by atoms with Gasteiger partial charge in [0.25, 0.3) is 5.56 Å². The van der Waals surface area contributed by atoms with Gasteiger partial charge in [0, 0.05) is 12.6 Å². The second-order valence-electron chi connectivity index (χ2n) is 6.33. The van der Waals surface area contributed by atoms with Gasteiger partial charge >= 0.3 is 0 Å². The van der Waals surface area contributed by atoms with Crippen molar-refractivity contribution in [1.29, 1.82) is 0 Å². The molecule has 0 radical (unpaired) electrons. The fourth-order valence-corrected chi connectivity index (χ4v) is 3.31. The molecule has 0 aromatic carbocycles. The maximum atomic E-state index is 12.2. The molecule has 1 aromatic rings. The zero-order chi connectivity index (χ0) is 14.8. The molecule has 112 valence electrons. The molecule has 4 nitrogen and oxygen atoms in total. The lowest BCUT2D eigenvalue weighted by Gasteiger charge is -2.39. The molecular formula is C15H24BrN3O. The number of nitrogens with zero attached hydrogens (tertiary/aromatic N) is 2. The van der Waals surface area contributed by atoms with Crippen molar-refractivity contribution in [2.24, 2.45) is 5.41 Å². The Labute approximate surface area is 129 Å². The zero-order valence-electron chi connectivity index (χ0n) is 12.6. The first-order valence-corrected chi connectivity index (χ1v) is 8.27. The number of hydrogen-bond acceptors (Lipinski definition) is 3. The summed E-state index contributed by atoms with van der Waals surface area (Å²) in [4.78, 5) is 12.2. The summed E-state index contributed by atoms with van der Waals surface area (Å²) in [6.07, 6.45) is 7.59. The summed E-state index contributed by atoms with van der Waals surface area (Å²) in [7, 11) is 0. The van der Waals surface area contributed by atoms with Crippen molar-refractivity contribution in [3.63, 3.8) is 0 Å². The van der Waals surface area contributed by atoms with Crippen LogP contribution in [0.1, 0.15) is 52.9 Å². The second kappa shape index (κ2) is 6.29. The molecule has 0 saturated heterocycles. The minimum absolute atomic E-state index is 0.0505. The van der Waals surface area contributed by atoms with Gasteiger partial charge in [-0.3, -0.25) is 4.79 Å². The highest BCUT2D eigenvalue weighted by Gasteiger charge is 2.32. The van der Waals surface area contributed by atoms with Crippen LogP contribution in [0.15, 0.2) is 15.5 Å². The summed E-state index contributed by atoms with van der Waals surface area (Å²) < 4.78 is 2.11. The van der Waals surface area contributed by atoms with Crippen molar-refractivity contribution in [2.75, 3.05) is 5.32 Å². The molecule has 0 aliphatic heterocycles. The lowest BCUT2D eigenvalue weighted by molar-refractivity contribution is 0.217. The molecule has 1 saturated carbocycles. The summed E-state index contributed by atoms with van der Waals surface area (Å²) in [6.45, 7) is 7.29. The van der Waals surface area contributed by atoms with Gasteiger partial charge in [0.05, 0.1) is 11.9 Å². The van der Waals surface area contributed by atoms with Crippen LogP contribution in [0.2, 0.25) is 0 Å². The topological polar surface area (TPSA) is 46.9 Å². The molecule has 1 N–H and O–H groups in total. The molecule has 1 aliphatic rings. The predicted octanol–water partition coefficient (Wildman–Crippen LogP) is 3.80. The standard InChI is InChI=1S/C15H24BrN3O/c1-4-9-19-14(20)13(16)11(10-17-19)18-12-7-5-6-8-15(12,2)3/h10,12,18H,4-9H2,1-3H3. The van der Waals surface area contributed by atoms with Crippen LogP contribution < -0.4 is 10.9 Å². The lowest BCUT2D eigenvalue weighted by atomic mass is 9.73. The fourth-order valence-electron chi connectivity index (χ4n) is 2.89. The minimum Gasteiger partial charge on any atom is -0.379 e. The Kier molecular flexibility index (Phi) is 4.89. The van der Waals surface area contributed by atoms with Gasteiger partial charge in [0.15, 0.2) is 0 Å². The molecule has 0 amide bonds. The Bertz CT molecular complexity index is 524. The molecular weight excluding hydrogens is 318 g/mol. The van der Waals surface area contributed by atoms with Crippen LogP contribution in [0.3, 0.4) is 0 Å². The van der Waals surface area contributed by atoms with E-state index >= 15 is 0 Å². The maximum Gasteiger partial charge on any atom is 0.283 e. The van der Waals surface area contributed by atoms with Crippen LogP contribution in [0, 0.1) is 5.41 Å². The van der Waals surface area contributed by atoms with Crippen molar-refractivity contribution in [3.8, 4) is 0 Å². The third-order valence-electron chi connectivity index (χ3n) is 4.26. The Morgan fingerprint density at radius 2 is 2.25 bits per heavy atom. The number of nitrogens with one attached hydrogen (secondary N) is 1. The van der Waals surface area contributed by atoms with E-state index in [1.807, 2.05) is 6.92 Å². The second-order valence-corrected chi connectivity index (χ2v) is 7.12. The van der Waals surface area contributed by atoms with E-state index in [2.05, 4.69) is 40.2 Å². The molecule has 5 heteroatoms. The summed E-state index contributed by atoms with van der Waals surface area (Å²) in [5, 5.41) is 7.78. The van der Waals surface area contributed by atoms with Crippen LogP contribution in [-0.2, 0) is 6.54 Å². The van der Waals surface area contributed by atoms with E-state index in [0.717, 1.165) is 18.5 Å². The van der Waals surface area contributed by atoms with E-state index in [0.29, 0.717) is 17.1 Å². The van der Waals surface area contributed by atoms with Crippen molar-refractivity contribution in [2.45, 2.75) is 65.5 Å². The van der Waals surface area contributed by atoms with Gasteiger partial charge in [0.2, 0.25) is 0 Å². The van der Waals surface area contributed by atoms with E-state index in [1.54, 1.807) is 6.20 Å². The smallest absolute Gasteiger partial charge is 0.283 e. The maximum absolute atomic E-state index is 12.2. The Balaban J connectivity index is 2.21. The predicted molar refractivity (Wildman–Crippen MR) is 86.1 cm³/mol. The van der Waals surface area contributed by atoms with Gasteiger partial charge in [-0.25, -0.2) is 4.68 Å². The number of aryl methyl sites for hydroxylation is 1. The molecule has 0 spiro atoms. The van der Waals surface area contributed by atoms with Crippen LogP contribution in [0.25, 0.3) is 0 Å². The largest absolute Gasteiger partial charge is 0.379 e. The zero-order valence-corrected chi connectivity index (χ0v) is 14.2. The van der Waals surface area contributed by atoms with Gasteiger partial charge in [-0.1, -0.05) is 33.6 Å². The van der Waals surface area contributed by atoms with Crippen LogP contribution >= 0.6 is 15.9 Å². The van der Waals surface area contributed by atoms with E-state index < -0.39 is 0 Å². The van der Waals surface area contributed by atoms with E-state index in [-0.39, 0.29) is 11.0 Å². The summed E-state index contributed by atoms with van der Waals surface area (Å²) >= 11 is 3.43. The Morgan fingerprint density at radius 3 is 2.90 bits per heavy atom. The third kappa shape index (κ3) is 3.25. The summed E-state index contributed by atoms with van der Waals surface area (Å²) in [6, 6.07) is 0.399. The molecule has 1 fully saturated rings. The van der Waals surface area contributed by atoms with Gasteiger partial charge < -0.3 is 5.32 Å². The molecule has 20 heavy (non-hydrogen) atoms. The molecule has 1 atom stereocenters. The van der Waals surface area contributed by atoms with Gasteiger partial charge in [0.1, 0.15) is 4.47 Å². The highest BCUT2D eigenvalue weighted by molar-refractivity contribution is 9.10. The van der Waals surface area contributed by atoms with Gasteiger partial charge in [-0.15, -0.1) is 0 Å². The van der Waals surface area contributed by atoms with Crippen molar-refractivity contribution in [1.82, 2.24) is 9.78 Å². The molecule has 1 heterocycles.